The summed E-state index contributed by atoms with van der Waals surface area (Å²) in [7, 11) is 0. The maximum Gasteiger partial charge on any atom is 0.151 e. The Morgan fingerprint density at radius 3 is 2.47 bits per heavy atom. The Hall–Kier alpha value is -1.80. The molecule has 0 aliphatic rings. The van der Waals surface area contributed by atoms with Crippen LogP contribution in [0, 0.1) is 0 Å². The minimum Gasteiger partial charge on any atom is -0.367 e. The van der Waals surface area contributed by atoms with Crippen LogP contribution >= 0.6 is 11.6 Å². The first-order valence-corrected chi connectivity index (χ1v) is 6.66. The van der Waals surface area contributed by atoms with Crippen LogP contribution in [0.25, 0.3) is 0 Å². The average Bonchev–Trinajstić information content (AvgIpc) is 2.46. The third-order valence-corrected chi connectivity index (χ3v) is 3.40. The first-order valence-electron chi connectivity index (χ1n) is 6.28. The number of carbonyl (C=O) groups is 1. The lowest BCUT2D eigenvalue weighted by Crippen LogP contribution is -2.21. The fourth-order valence-electron chi connectivity index (χ4n) is 2.00. The third-order valence-electron chi connectivity index (χ3n) is 3.07. The number of hydrogen-bond acceptors (Lipinski definition) is 2. The van der Waals surface area contributed by atoms with Gasteiger partial charge in [0, 0.05) is 24.3 Å². The number of aldehydes is 1. The van der Waals surface area contributed by atoms with Crippen LogP contribution in [0.2, 0.25) is 5.02 Å². The monoisotopic (exact) mass is 273 g/mol. The molecule has 0 atom stereocenters. The zero-order chi connectivity index (χ0) is 13.7. The molecule has 3 heteroatoms. The molecule has 0 aliphatic heterocycles. The van der Waals surface area contributed by atoms with E-state index in [2.05, 4.69) is 24.0 Å². The molecule has 0 radical (unpaired) electrons. The molecule has 0 bridgehead atoms. The smallest absolute Gasteiger partial charge is 0.151 e. The molecule has 0 heterocycles. The van der Waals surface area contributed by atoms with E-state index in [1.165, 1.54) is 5.56 Å². The first-order chi connectivity index (χ1) is 9.24. The van der Waals surface area contributed by atoms with Crippen molar-refractivity contribution in [1.82, 2.24) is 0 Å². The molecular formula is C16H16ClNO. The zero-order valence-electron chi connectivity index (χ0n) is 10.8. The van der Waals surface area contributed by atoms with E-state index in [0.717, 1.165) is 25.1 Å². The summed E-state index contributed by atoms with van der Waals surface area (Å²) in [5.41, 5.74) is 2.81. The molecule has 0 aliphatic carbocycles. The number of carbonyl (C=O) groups excluding carboxylic acids is 1. The molecule has 0 saturated carbocycles. The summed E-state index contributed by atoms with van der Waals surface area (Å²) in [5.74, 6) is 0. The van der Waals surface area contributed by atoms with Crippen LogP contribution in [0.3, 0.4) is 0 Å². The fourth-order valence-corrected chi connectivity index (χ4v) is 2.22. The summed E-state index contributed by atoms with van der Waals surface area (Å²) >= 11 is 6.08. The van der Waals surface area contributed by atoms with Crippen molar-refractivity contribution in [2.75, 3.05) is 11.4 Å². The Kier molecular flexibility index (Phi) is 4.58. The van der Waals surface area contributed by atoms with Crippen LogP contribution in [0.1, 0.15) is 22.8 Å². The molecule has 19 heavy (non-hydrogen) atoms. The van der Waals surface area contributed by atoms with Gasteiger partial charge in [0.05, 0.1) is 5.02 Å². The summed E-state index contributed by atoms with van der Waals surface area (Å²) in [4.78, 5) is 13.0. The first kappa shape index (κ1) is 13.6. The van der Waals surface area contributed by atoms with Crippen molar-refractivity contribution in [3.8, 4) is 0 Å². The lowest BCUT2D eigenvalue weighted by atomic mass is 10.1. The van der Waals surface area contributed by atoms with Gasteiger partial charge < -0.3 is 4.90 Å². The molecule has 98 valence electrons. The minimum atomic E-state index is 0.499. The van der Waals surface area contributed by atoms with Crippen molar-refractivity contribution >= 4 is 23.6 Å². The Morgan fingerprint density at radius 2 is 1.89 bits per heavy atom. The molecule has 2 aromatic rings. The molecule has 2 aromatic carbocycles. The minimum absolute atomic E-state index is 0.499. The van der Waals surface area contributed by atoms with E-state index in [1.54, 1.807) is 6.07 Å². The SMILES string of the molecule is CCN(Cc1ccccc1)c1ccc(C=O)c(Cl)c1. The molecule has 2 rings (SSSR count). The van der Waals surface area contributed by atoms with Crippen LogP contribution in [-0.2, 0) is 6.54 Å². The predicted octanol–water partition coefficient (Wildman–Crippen LogP) is 4.18. The van der Waals surface area contributed by atoms with E-state index >= 15 is 0 Å². The summed E-state index contributed by atoms with van der Waals surface area (Å²) in [6.07, 6.45) is 0.777. The fraction of sp³-hybridized carbons (Fsp3) is 0.188. The number of hydrogen-bond donors (Lipinski definition) is 0. The van der Waals surface area contributed by atoms with Crippen molar-refractivity contribution in [3.05, 3.63) is 64.7 Å². The van der Waals surface area contributed by atoms with Crippen LogP contribution in [0.5, 0.6) is 0 Å². The Morgan fingerprint density at radius 1 is 1.16 bits per heavy atom. The Balaban J connectivity index is 2.22. The van der Waals surface area contributed by atoms with Gasteiger partial charge >= 0.3 is 0 Å². The van der Waals surface area contributed by atoms with Gasteiger partial charge in [0.25, 0.3) is 0 Å². The highest BCUT2D eigenvalue weighted by atomic mass is 35.5. The van der Waals surface area contributed by atoms with Crippen molar-refractivity contribution in [2.24, 2.45) is 0 Å². The van der Waals surface area contributed by atoms with E-state index in [-0.39, 0.29) is 0 Å². The van der Waals surface area contributed by atoms with E-state index in [4.69, 9.17) is 11.6 Å². The van der Waals surface area contributed by atoms with Crippen molar-refractivity contribution < 1.29 is 4.79 Å². The zero-order valence-corrected chi connectivity index (χ0v) is 11.6. The third kappa shape index (κ3) is 3.36. The highest BCUT2D eigenvalue weighted by Gasteiger charge is 2.07. The Labute approximate surface area is 118 Å². The highest BCUT2D eigenvalue weighted by molar-refractivity contribution is 6.33. The van der Waals surface area contributed by atoms with Crippen LogP contribution in [-0.4, -0.2) is 12.8 Å². The molecule has 0 aromatic heterocycles. The lowest BCUT2D eigenvalue weighted by Gasteiger charge is -2.23. The van der Waals surface area contributed by atoms with Crippen molar-refractivity contribution in [3.63, 3.8) is 0 Å². The van der Waals surface area contributed by atoms with Crippen LogP contribution in [0.4, 0.5) is 5.69 Å². The van der Waals surface area contributed by atoms with Gasteiger partial charge in [-0.05, 0) is 30.7 Å². The second kappa shape index (κ2) is 6.39. The number of anilines is 1. The molecular weight excluding hydrogens is 258 g/mol. The summed E-state index contributed by atoms with van der Waals surface area (Å²) in [5, 5.41) is 0.499. The molecule has 0 spiro atoms. The van der Waals surface area contributed by atoms with Gasteiger partial charge in [-0.2, -0.15) is 0 Å². The number of nitrogens with zero attached hydrogens (tertiary/aromatic N) is 1. The summed E-state index contributed by atoms with van der Waals surface area (Å²) < 4.78 is 0. The van der Waals surface area contributed by atoms with E-state index in [0.29, 0.717) is 10.6 Å². The Bertz CT molecular complexity index is 554. The number of rotatable bonds is 5. The number of halogens is 1. The molecule has 2 nitrogen and oxygen atoms in total. The quantitative estimate of drug-likeness (QED) is 0.762. The summed E-state index contributed by atoms with van der Waals surface area (Å²) in [6.45, 7) is 3.81. The predicted molar refractivity (Wildman–Crippen MR) is 80.0 cm³/mol. The van der Waals surface area contributed by atoms with Crippen LogP contribution in [0.15, 0.2) is 48.5 Å². The van der Waals surface area contributed by atoms with Crippen molar-refractivity contribution in [2.45, 2.75) is 13.5 Å². The van der Waals surface area contributed by atoms with E-state index < -0.39 is 0 Å². The van der Waals surface area contributed by atoms with Gasteiger partial charge in [-0.1, -0.05) is 41.9 Å². The second-order valence-corrected chi connectivity index (χ2v) is 4.73. The van der Waals surface area contributed by atoms with Gasteiger partial charge in [0.1, 0.15) is 0 Å². The van der Waals surface area contributed by atoms with Gasteiger partial charge in [0.2, 0.25) is 0 Å². The maximum atomic E-state index is 10.8. The number of benzene rings is 2. The van der Waals surface area contributed by atoms with E-state index in [1.807, 2.05) is 30.3 Å². The normalized spacial score (nSPS) is 10.2. The highest BCUT2D eigenvalue weighted by Crippen LogP contribution is 2.24. The van der Waals surface area contributed by atoms with Gasteiger partial charge in [-0.15, -0.1) is 0 Å². The van der Waals surface area contributed by atoms with Gasteiger partial charge in [-0.25, -0.2) is 0 Å². The van der Waals surface area contributed by atoms with Gasteiger partial charge in [-0.3, -0.25) is 4.79 Å². The molecule has 0 fully saturated rings. The maximum absolute atomic E-state index is 10.8. The summed E-state index contributed by atoms with van der Waals surface area (Å²) in [6, 6.07) is 15.8. The van der Waals surface area contributed by atoms with Gasteiger partial charge in [0.15, 0.2) is 6.29 Å². The second-order valence-electron chi connectivity index (χ2n) is 4.32. The standard InChI is InChI=1S/C16H16ClNO/c1-2-18(11-13-6-4-3-5-7-13)15-9-8-14(12-19)16(17)10-15/h3-10,12H,2,11H2,1H3. The van der Waals surface area contributed by atoms with Crippen LogP contribution < -0.4 is 4.90 Å². The topological polar surface area (TPSA) is 20.3 Å². The molecule has 0 unspecified atom stereocenters. The molecule has 0 saturated heterocycles. The molecule has 0 amide bonds. The molecule has 0 N–H and O–H groups in total. The lowest BCUT2D eigenvalue weighted by molar-refractivity contribution is 0.112. The largest absolute Gasteiger partial charge is 0.367 e. The average molecular weight is 274 g/mol. The van der Waals surface area contributed by atoms with Crippen molar-refractivity contribution in [1.29, 1.82) is 0 Å². The van der Waals surface area contributed by atoms with E-state index in [9.17, 15) is 4.79 Å².